The predicted octanol–water partition coefficient (Wildman–Crippen LogP) is 0.685. The van der Waals surface area contributed by atoms with Crippen molar-refractivity contribution in [2.24, 2.45) is 11.1 Å². The predicted molar refractivity (Wildman–Crippen MR) is 80.4 cm³/mol. The zero-order valence-electron chi connectivity index (χ0n) is 12.2. The van der Waals surface area contributed by atoms with Gasteiger partial charge < -0.3 is 21.5 Å². The number of rotatable bonds is 5. The van der Waals surface area contributed by atoms with Crippen molar-refractivity contribution >= 4 is 11.6 Å². The Morgan fingerprint density at radius 2 is 2.25 bits per heavy atom. The number of nitrogens with two attached hydrogens (primary N) is 2. The Morgan fingerprint density at radius 3 is 2.95 bits per heavy atom. The molecule has 2 heterocycles. The SMILES string of the molecule is Cc1c(N)ncnc1N1CCCC(CO)(CCCN)C1. The van der Waals surface area contributed by atoms with Crippen LogP contribution in [-0.4, -0.2) is 41.3 Å². The molecule has 6 nitrogen and oxygen atoms in total. The van der Waals surface area contributed by atoms with Crippen molar-refractivity contribution in [2.75, 3.05) is 36.9 Å². The molecule has 1 aliphatic heterocycles. The van der Waals surface area contributed by atoms with Crippen LogP contribution in [0, 0.1) is 12.3 Å². The maximum atomic E-state index is 9.83. The number of hydrogen-bond donors (Lipinski definition) is 3. The molecule has 0 spiro atoms. The number of hydrogen-bond acceptors (Lipinski definition) is 6. The van der Waals surface area contributed by atoms with E-state index in [1.807, 2.05) is 6.92 Å². The molecule has 0 saturated carbocycles. The normalized spacial score (nSPS) is 23.1. The quantitative estimate of drug-likeness (QED) is 0.733. The fourth-order valence-electron chi connectivity index (χ4n) is 3.05. The monoisotopic (exact) mass is 279 g/mol. The highest BCUT2D eigenvalue weighted by Crippen LogP contribution is 2.36. The third-order valence-electron chi connectivity index (χ3n) is 4.30. The average molecular weight is 279 g/mol. The van der Waals surface area contributed by atoms with Crippen molar-refractivity contribution in [1.29, 1.82) is 0 Å². The smallest absolute Gasteiger partial charge is 0.137 e. The molecule has 20 heavy (non-hydrogen) atoms. The van der Waals surface area contributed by atoms with Crippen LogP contribution in [0.15, 0.2) is 6.33 Å². The molecular weight excluding hydrogens is 254 g/mol. The molecule has 0 aromatic carbocycles. The van der Waals surface area contributed by atoms with Gasteiger partial charge in [-0.05, 0) is 39.2 Å². The molecule has 1 fully saturated rings. The van der Waals surface area contributed by atoms with Crippen molar-refractivity contribution in [3.05, 3.63) is 11.9 Å². The molecular formula is C14H25N5O. The van der Waals surface area contributed by atoms with Crippen LogP contribution >= 0.6 is 0 Å². The fourth-order valence-corrected chi connectivity index (χ4v) is 3.05. The highest BCUT2D eigenvalue weighted by atomic mass is 16.3. The standard InChI is InChI=1S/C14H25N5O/c1-11-12(16)17-10-18-13(11)19-7-3-5-14(8-19,9-20)4-2-6-15/h10,20H,2-9,15H2,1H3,(H2,16,17,18). The van der Waals surface area contributed by atoms with Crippen LogP contribution < -0.4 is 16.4 Å². The second-order valence-electron chi connectivity index (χ2n) is 5.78. The highest BCUT2D eigenvalue weighted by Gasteiger charge is 2.35. The van der Waals surface area contributed by atoms with Crippen LogP contribution in [0.3, 0.4) is 0 Å². The molecule has 1 aliphatic rings. The summed E-state index contributed by atoms with van der Waals surface area (Å²) in [6, 6.07) is 0. The summed E-state index contributed by atoms with van der Waals surface area (Å²) >= 11 is 0. The Labute approximate surface area is 120 Å². The third kappa shape index (κ3) is 3.02. The lowest BCUT2D eigenvalue weighted by Crippen LogP contribution is -2.46. The van der Waals surface area contributed by atoms with Gasteiger partial charge in [0.05, 0.1) is 6.61 Å². The van der Waals surface area contributed by atoms with Gasteiger partial charge in [0.15, 0.2) is 0 Å². The first-order valence-corrected chi connectivity index (χ1v) is 7.25. The lowest BCUT2D eigenvalue weighted by molar-refractivity contribution is 0.0944. The first-order valence-electron chi connectivity index (χ1n) is 7.25. The fraction of sp³-hybridized carbons (Fsp3) is 0.714. The number of nitrogen functional groups attached to an aromatic ring is 1. The van der Waals surface area contributed by atoms with Crippen molar-refractivity contribution in [3.8, 4) is 0 Å². The average Bonchev–Trinajstić information content (AvgIpc) is 2.48. The molecule has 0 radical (unpaired) electrons. The Bertz CT molecular complexity index is 453. The molecule has 1 saturated heterocycles. The molecule has 0 aliphatic carbocycles. The Kier molecular flexibility index (Phi) is 4.77. The van der Waals surface area contributed by atoms with Crippen LogP contribution in [0.4, 0.5) is 11.6 Å². The lowest BCUT2D eigenvalue weighted by atomic mass is 9.77. The van der Waals surface area contributed by atoms with Crippen LogP contribution in [-0.2, 0) is 0 Å². The van der Waals surface area contributed by atoms with Gasteiger partial charge in [-0.3, -0.25) is 0 Å². The topological polar surface area (TPSA) is 101 Å². The van der Waals surface area contributed by atoms with Gasteiger partial charge in [0, 0.05) is 24.1 Å². The van der Waals surface area contributed by atoms with E-state index in [-0.39, 0.29) is 12.0 Å². The van der Waals surface area contributed by atoms with E-state index < -0.39 is 0 Å². The molecule has 1 unspecified atom stereocenters. The number of piperidine rings is 1. The van der Waals surface area contributed by atoms with Gasteiger partial charge in [-0.1, -0.05) is 0 Å². The second-order valence-corrected chi connectivity index (χ2v) is 5.78. The molecule has 0 amide bonds. The summed E-state index contributed by atoms with van der Waals surface area (Å²) in [5.74, 6) is 1.42. The van der Waals surface area contributed by atoms with Crippen molar-refractivity contribution in [3.63, 3.8) is 0 Å². The second kappa shape index (κ2) is 6.37. The van der Waals surface area contributed by atoms with Gasteiger partial charge >= 0.3 is 0 Å². The van der Waals surface area contributed by atoms with Crippen LogP contribution in [0.25, 0.3) is 0 Å². The van der Waals surface area contributed by atoms with Crippen LogP contribution in [0.2, 0.25) is 0 Å². The van der Waals surface area contributed by atoms with E-state index in [2.05, 4.69) is 14.9 Å². The number of nitrogens with zero attached hydrogens (tertiary/aromatic N) is 3. The third-order valence-corrected chi connectivity index (χ3v) is 4.30. The maximum absolute atomic E-state index is 9.83. The van der Waals surface area contributed by atoms with Gasteiger partial charge in [0.1, 0.15) is 18.0 Å². The number of aliphatic hydroxyl groups excluding tert-OH is 1. The minimum Gasteiger partial charge on any atom is -0.396 e. The van der Waals surface area contributed by atoms with Gasteiger partial charge in [-0.15, -0.1) is 0 Å². The summed E-state index contributed by atoms with van der Waals surface area (Å²) in [4.78, 5) is 10.6. The number of aliphatic hydroxyl groups is 1. The minimum atomic E-state index is -0.0657. The van der Waals surface area contributed by atoms with Crippen molar-refractivity contribution in [1.82, 2.24) is 9.97 Å². The van der Waals surface area contributed by atoms with Crippen LogP contribution in [0.5, 0.6) is 0 Å². The van der Waals surface area contributed by atoms with E-state index in [1.54, 1.807) is 0 Å². The van der Waals surface area contributed by atoms with Crippen molar-refractivity contribution in [2.45, 2.75) is 32.6 Å². The molecule has 1 aromatic rings. The van der Waals surface area contributed by atoms with Gasteiger partial charge in [-0.2, -0.15) is 0 Å². The maximum Gasteiger partial charge on any atom is 0.137 e. The summed E-state index contributed by atoms with van der Waals surface area (Å²) in [7, 11) is 0. The summed E-state index contributed by atoms with van der Waals surface area (Å²) < 4.78 is 0. The molecule has 6 heteroatoms. The highest BCUT2D eigenvalue weighted by molar-refractivity contribution is 5.56. The van der Waals surface area contributed by atoms with E-state index in [9.17, 15) is 5.11 Å². The van der Waals surface area contributed by atoms with Gasteiger partial charge in [0.25, 0.3) is 0 Å². The first-order chi connectivity index (χ1) is 9.62. The molecule has 0 bridgehead atoms. The summed E-state index contributed by atoms with van der Waals surface area (Å²) in [5, 5.41) is 9.83. The number of anilines is 2. The summed E-state index contributed by atoms with van der Waals surface area (Å²) in [5.41, 5.74) is 12.3. The molecule has 112 valence electrons. The molecule has 1 atom stereocenters. The van der Waals surface area contributed by atoms with E-state index in [1.165, 1.54) is 6.33 Å². The Hall–Kier alpha value is -1.40. The van der Waals surface area contributed by atoms with Gasteiger partial charge in [0.2, 0.25) is 0 Å². The summed E-state index contributed by atoms with van der Waals surface area (Å²) in [6.07, 6.45) is 5.50. The Morgan fingerprint density at radius 1 is 1.45 bits per heavy atom. The van der Waals surface area contributed by atoms with Gasteiger partial charge in [-0.25, -0.2) is 9.97 Å². The van der Waals surface area contributed by atoms with E-state index in [4.69, 9.17) is 11.5 Å². The van der Waals surface area contributed by atoms with Crippen LogP contribution in [0.1, 0.15) is 31.2 Å². The zero-order chi connectivity index (χ0) is 14.6. The first kappa shape index (κ1) is 15.0. The van der Waals surface area contributed by atoms with E-state index in [0.717, 1.165) is 50.2 Å². The molecule has 1 aromatic heterocycles. The number of aromatic nitrogens is 2. The van der Waals surface area contributed by atoms with Crippen molar-refractivity contribution < 1.29 is 5.11 Å². The molecule has 2 rings (SSSR count). The summed E-state index contributed by atoms with van der Waals surface area (Å²) in [6.45, 7) is 4.56. The largest absolute Gasteiger partial charge is 0.396 e. The molecule has 5 N–H and O–H groups in total. The zero-order valence-corrected chi connectivity index (χ0v) is 12.2. The van der Waals surface area contributed by atoms with E-state index in [0.29, 0.717) is 12.4 Å². The minimum absolute atomic E-state index is 0.0657. The van der Waals surface area contributed by atoms with E-state index >= 15 is 0 Å². The Balaban J connectivity index is 2.19. The lowest BCUT2D eigenvalue weighted by Gasteiger charge is -2.43.